The van der Waals surface area contributed by atoms with Crippen LogP contribution in [0.3, 0.4) is 0 Å². The van der Waals surface area contributed by atoms with Crippen molar-refractivity contribution >= 4 is 22.4 Å². The Morgan fingerprint density at radius 2 is 1.85 bits per heavy atom. The van der Waals surface area contributed by atoms with Gasteiger partial charge >= 0.3 is 0 Å². The molecule has 0 amide bonds. The van der Waals surface area contributed by atoms with E-state index in [0.717, 1.165) is 21.4 Å². The van der Waals surface area contributed by atoms with Crippen LogP contribution in [0.5, 0.6) is 5.75 Å². The minimum atomic E-state index is 0.329. The Bertz CT molecular complexity index is 463. The van der Waals surface area contributed by atoms with Gasteiger partial charge in [0, 0.05) is 5.02 Å². The molecular formula is C11H9ClO. The fourth-order valence-electron chi connectivity index (χ4n) is 1.37. The van der Waals surface area contributed by atoms with Crippen LogP contribution in [0, 0.1) is 6.92 Å². The number of hydrogen-bond donors (Lipinski definition) is 1. The van der Waals surface area contributed by atoms with Crippen LogP contribution in [-0.2, 0) is 0 Å². The summed E-state index contributed by atoms with van der Waals surface area (Å²) in [6.45, 7) is 1.87. The molecule has 0 spiro atoms. The van der Waals surface area contributed by atoms with Crippen molar-refractivity contribution in [3.63, 3.8) is 0 Å². The van der Waals surface area contributed by atoms with Gasteiger partial charge in [-0.1, -0.05) is 17.7 Å². The van der Waals surface area contributed by atoms with Crippen LogP contribution in [0.25, 0.3) is 10.8 Å². The monoisotopic (exact) mass is 192 g/mol. The summed E-state index contributed by atoms with van der Waals surface area (Å²) in [4.78, 5) is 0. The number of phenols is 1. The van der Waals surface area contributed by atoms with E-state index in [2.05, 4.69) is 0 Å². The molecule has 13 heavy (non-hydrogen) atoms. The van der Waals surface area contributed by atoms with E-state index in [-0.39, 0.29) is 0 Å². The molecule has 0 aliphatic rings. The van der Waals surface area contributed by atoms with Crippen molar-refractivity contribution in [2.24, 2.45) is 0 Å². The lowest BCUT2D eigenvalue weighted by Crippen LogP contribution is -1.77. The maximum Gasteiger partial charge on any atom is 0.119 e. The lowest BCUT2D eigenvalue weighted by molar-refractivity contribution is 0.472. The molecule has 0 radical (unpaired) electrons. The molecule has 0 heterocycles. The van der Waals surface area contributed by atoms with Crippen LogP contribution in [0.15, 0.2) is 30.3 Å². The zero-order valence-corrected chi connectivity index (χ0v) is 7.97. The summed E-state index contributed by atoms with van der Waals surface area (Å²) in [5, 5.41) is 12.2. The number of benzene rings is 2. The van der Waals surface area contributed by atoms with E-state index < -0.39 is 0 Å². The van der Waals surface area contributed by atoms with Crippen molar-refractivity contribution in [3.05, 3.63) is 40.9 Å². The van der Waals surface area contributed by atoms with E-state index in [1.54, 1.807) is 6.07 Å². The van der Waals surface area contributed by atoms with Gasteiger partial charge < -0.3 is 5.11 Å². The van der Waals surface area contributed by atoms with Crippen LogP contribution >= 0.6 is 11.6 Å². The third-order valence-electron chi connectivity index (χ3n) is 2.12. The van der Waals surface area contributed by atoms with Gasteiger partial charge in [0.15, 0.2) is 0 Å². The molecule has 1 nitrogen and oxygen atoms in total. The second-order valence-electron chi connectivity index (χ2n) is 3.13. The number of aromatic hydroxyl groups is 1. The first-order chi connectivity index (χ1) is 6.16. The Labute approximate surface area is 81.6 Å². The number of fused-ring (bicyclic) bond motifs is 1. The third-order valence-corrected chi connectivity index (χ3v) is 2.35. The van der Waals surface area contributed by atoms with Crippen LogP contribution in [0.2, 0.25) is 5.02 Å². The molecule has 2 rings (SSSR count). The van der Waals surface area contributed by atoms with E-state index in [1.165, 1.54) is 0 Å². The fraction of sp³-hybridized carbons (Fsp3) is 0.0909. The van der Waals surface area contributed by atoms with Gasteiger partial charge in [0.25, 0.3) is 0 Å². The first-order valence-corrected chi connectivity index (χ1v) is 4.43. The molecule has 2 aromatic rings. The second-order valence-corrected chi connectivity index (χ2v) is 3.57. The molecule has 66 valence electrons. The Morgan fingerprint density at radius 1 is 1.08 bits per heavy atom. The van der Waals surface area contributed by atoms with E-state index in [9.17, 15) is 5.11 Å². The number of phenolic OH excluding ortho intramolecular Hbond substituents is 1. The molecule has 1 N–H and O–H groups in total. The SMILES string of the molecule is Cc1cc2cc(Cl)ccc2cc1O. The van der Waals surface area contributed by atoms with Crippen molar-refractivity contribution < 1.29 is 5.11 Å². The van der Waals surface area contributed by atoms with Gasteiger partial charge in [0.2, 0.25) is 0 Å². The number of hydrogen-bond acceptors (Lipinski definition) is 1. The molecule has 2 aromatic carbocycles. The summed E-state index contributed by atoms with van der Waals surface area (Å²) in [5.41, 5.74) is 0.870. The zero-order chi connectivity index (χ0) is 9.42. The van der Waals surface area contributed by atoms with E-state index >= 15 is 0 Å². The highest BCUT2D eigenvalue weighted by atomic mass is 35.5. The number of halogens is 1. The van der Waals surface area contributed by atoms with Crippen molar-refractivity contribution in [2.75, 3.05) is 0 Å². The summed E-state index contributed by atoms with van der Waals surface area (Å²) < 4.78 is 0. The molecule has 0 saturated carbocycles. The van der Waals surface area contributed by atoms with Gasteiger partial charge in [-0.15, -0.1) is 0 Å². The van der Waals surface area contributed by atoms with Gasteiger partial charge in [-0.05, 0) is 47.5 Å². The van der Waals surface area contributed by atoms with Gasteiger partial charge in [0.05, 0.1) is 0 Å². The van der Waals surface area contributed by atoms with Crippen LogP contribution in [-0.4, -0.2) is 5.11 Å². The molecule has 0 bridgehead atoms. The molecule has 0 aromatic heterocycles. The number of rotatable bonds is 0. The summed E-state index contributed by atoms with van der Waals surface area (Å²) in [5.74, 6) is 0.329. The smallest absolute Gasteiger partial charge is 0.119 e. The molecule has 0 saturated heterocycles. The topological polar surface area (TPSA) is 20.2 Å². The lowest BCUT2D eigenvalue weighted by Gasteiger charge is -2.02. The van der Waals surface area contributed by atoms with E-state index in [0.29, 0.717) is 5.75 Å². The first kappa shape index (κ1) is 8.39. The number of aryl methyl sites for hydroxylation is 1. The third kappa shape index (κ3) is 1.47. The largest absolute Gasteiger partial charge is 0.508 e. The first-order valence-electron chi connectivity index (χ1n) is 4.06. The summed E-state index contributed by atoms with van der Waals surface area (Å²) in [6.07, 6.45) is 0. The van der Waals surface area contributed by atoms with Gasteiger partial charge in [-0.2, -0.15) is 0 Å². The molecule has 2 heteroatoms. The normalized spacial score (nSPS) is 10.6. The fourth-order valence-corrected chi connectivity index (χ4v) is 1.55. The van der Waals surface area contributed by atoms with Gasteiger partial charge in [-0.3, -0.25) is 0 Å². The predicted molar refractivity (Wildman–Crippen MR) is 55.4 cm³/mol. The van der Waals surface area contributed by atoms with Crippen molar-refractivity contribution in [2.45, 2.75) is 6.92 Å². The van der Waals surface area contributed by atoms with Crippen LogP contribution in [0.1, 0.15) is 5.56 Å². The molecular weight excluding hydrogens is 184 g/mol. The Kier molecular flexibility index (Phi) is 1.89. The molecule has 0 fully saturated rings. The minimum absolute atomic E-state index is 0.329. The highest BCUT2D eigenvalue weighted by Gasteiger charge is 1.99. The average molecular weight is 193 g/mol. The highest BCUT2D eigenvalue weighted by molar-refractivity contribution is 6.31. The average Bonchev–Trinajstić information content (AvgIpc) is 2.08. The standard InChI is InChI=1S/C11H9ClO/c1-7-4-9-5-10(12)3-2-8(9)6-11(7)13/h2-6,13H,1H3. The molecule has 0 atom stereocenters. The molecule has 0 unspecified atom stereocenters. The van der Waals surface area contributed by atoms with Crippen molar-refractivity contribution in [1.82, 2.24) is 0 Å². The maximum absolute atomic E-state index is 9.45. The molecule has 0 aliphatic heterocycles. The Morgan fingerprint density at radius 3 is 2.62 bits per heavy atom. The summed E-state index contributed by atoms with van der Waals surface area (Å²) in [7, 11) is 0. The molecule has 0 aliphatic carbocycles. The quantitative estimate of drug-likeness (QED) is 0.677. The van der Waals surface area contributed by atoms with Crippen molar-refractivity contribution in [1.29, 1.82) is 0 Å². The lowest BCUT2D eigenvalue weighted by atomic mass is 10.1. The maximum atomic E-state index is 9.45. The minimum Gasteiger partial charge on any atom is -0.508 e. The van der Waals surface area contributed by atoms with Crippen LogP contribution < -0.4 is 0 Å². The summed E-state index contributed by atoms with van der Waals surface area (Å²) >= 11 is 5.85. The zero-order valence-electron chi connectivity index (χ0n) is 7.21. The highest BCUT2D eigenvalue weighted by Crippen LogP contribution is 2.26. The van der Waals surface area contributed by atoms with E-state index in [4.69, 9.17) is 11.6 Å². The Balaban J connectivity index is 2.81. The van der Waals surface area contributed by atoms with Crippen LogP contribution in [0.4, 0.5) is 0 Å². The summed E-state index contributed by atoms with van der Waals surface area (Å²) in [6, 6.07) is 9.29. The van der Waals surface area contributed by atoms with Gasteiger partial charge in [0.1, 0.15) is 5.75 Å². The van der Waals surface area contributed by atoms with Crippen molar-refractivity contribution in [3.8, 4) is 5.75 Å². The predicted octanol–water partition coefficient (Wildman–Crippen LogP) is 3.51. The second kappa shape index (κ2) is 2.93. The Hall–Kier alpha value is -1.21. The van der Waals surface area contributed by atoms with E-state index in [1.807, 2.05) is 31.2 Å². The van der Waals surface area contributed by atoms with Gasteiger partial charge in [-0.25, -0.2) is 0 Å².